The first kappa shape index (κ1) is 83.3. The molecule has 0 fully saturated rings. The van der Waals surface area contributed by atoms with Crippen LogP contribution in [0.25, 0.3) is 0 Å². The van der Waals surface area contributed by atoms with Crippen molar-refractivity contribution >= 4 is 22.0 Å². The summed E-state index contributed by atoms with van der Waals surface area (Å²) in [6.07, 6.45) is 0. The molecule has 2 N–H and O–H groups in total. The van der Waals surface area contributed by atoms with Gasteiger partial charge in [-0.15, -0.1) is 0 Å². The predicted molar refractivity (Wildman–Crippen MR) is 20.9 cm³/mol. The maximum atomic E-state index is 8.42. The van der Waals surface area contributed by atoms with Crippen molar-refractivity contribution in [1.82, 2.24) is 0 Å². The van der Waals surface area contributed by atoms with E-state index in [0.29, 0.717) is 0 Å². The summed E-state index contributed by atoms with van der Waals surface area (Å²) in [7, 11) is -8.75. The van der Waals surface area contributed by atoms with Crippen molar-refractivity contribution < 1.29 is 513 Å². The van der Waals surface area contributed by atoms with Crippen LogP contribution in [0.1, 0.15) is 0 Å². The zero-order valence-corrected chi connectivity index (χ0v) is 43.0. The van der Waals surface area contributed by atoms with E-state index < -0.39 is 22.0 Å². The fourth-order valence-electron chi connectivity index (χ4n) is 0. The molecule has 0 aliphatic heterocycles. The molecular weight excluding hydrogens is 544 g/mol. The Bertz CT molecular complexity index is 60.1. The molecule has 0 bridgehead atoms. The molecule has 80 valence electrons. The normalized spacial score (nSPS) is 3.68. The van der Waals surface area contributed by atoms with E-state index in [9.17, 15) is 0 Å². The van der Waals surface area contributed by atoms with Crippen LogP contribution in [-0.2, 0) is 0 Å². The summed E-state index contributed by atoms with van der Waals surface area (Å²) in [5.41, 5.74) is 0. The maximum Gasteiger partial charge on any atom is 1.00 e. The van der Waals surface area contributed by atoms with Gasteiger partial charge in [0.1, 0.15) is 0 Å². The van der Waals surface area contributed by atoms with Gasteiger partial charge in [-0.1, -0.05) is 0 Å². The molecule has 0 saturated carbocycles. The summed E-state index contributed by atoms with van der Waals surface area (Å²) in [5, 5.41) is 75.8. The van der Waals surface area contributed by atoms with E-state index >= 15 is 0 Å². The Hall–Kier alpha value is 14.5. The molecule has 0 amide bonds. The third kappa shape index (κ3) is 184. The molecule has 0 heterocycles. The van der Waals surface area contributed by atoms with Gasteiger partial charge in [0.15, 0.2) is 0 Å². The zero-order chi connectivity index (χ0) is 10.7. The molecule has 0 aromatic heterocycles. The van der Waals surface area contributed by atoms with Crippen LogP contribution in [0.3, 0.4) is 0 Å². The SMILES string of the molecule is O.[K+].[K+].[K+].[K+].[K+].[K+].[K+].[K+].[K+].[O-]B([O-])[O-].[O-]B([O-])[O-].[O-]B([O-])[O-]. The van der Waals surface area contributed by atoms with Gasteiger partial charge in [-0.3, -0.25) is 22.0 Å². The van der Waals surface area contributed by atoms with Crippen LogP contribution in [0.15, 0.2) is 0 Å². The Kier molecular flexibility index (Phi) is 290. The average Bonchev–Trinajstić information content (AvgIpc) is 1.54. The van der Waals surface area contributed by atoms with Gasteiger partial charge in [0.05, 0.1) is 0 Å². The summed E-state index contributed by atoms with van der Waals surface area (Å²) >= 11 is 0. The van der Waals surface area contributed by atoms with Gasteiger partial charge in [0.2, 0.25) is 0 Å². The molecule has 0 unspecified atom stereocenters. The first-order chi connectivity index (χ1) is 5.20. The quantitative estimate of drug-likeness (QED) is 0.262. The molecule has 0 spiro atoms. The van der Waals surface area contributed by atoms with Crippen molar-refractivity contribution in [2.75, 3.05) is 0 Å². The van der Waals surface area contributed by atoms with Gasteiger partial charge >= 0.3 is 462 Å². The third-order valence-electron chi connectivity index (χ3n) is 0. The molecule has 0 radical (unpaired) electrons. The average molecular weight is 546 g/mol. The topological polar surface area (TPSA) is 239 Å². The minimum atomic E-state index is -2.92. The Morgan fingerprint density at radius 1 is 0.273 bits per heavy atom. The van der Waals surface area contributed by atoms with E-state index in [0.717, 1.165) is 0 Å². The molecule has 0 aliphatic rings. The summed E-state index contributed by atoms with van der Waals surface area (Å²) in [6.45, 7) is 0. The van der Waals surface area contributed by atoms with Crippen molar-refractivity contribution in [3.05, 3.63) is 0 Å². The van der Waals surface area contributed by atoms with Gasteiger partial charge in [-0.25, -0.2) is 0 Å². The van der Waals surface area contributed by atoms with Crippen LogP contribution in [0.4, 0.5) is 0 Å². The molecule has 10 nitrogen and oxygen atoms in total. The van der Waals surface area contributed by atoms with Gasteiger partial charge in [0, 0.05) is 0 Å². The molecule has 0 aromatic rings. The number of hydrogen-bond donors (Lipinski definition) is 0. The first-order valence-corrected chi connectivity index (χ1v) is 2.12. The van der Waals surface area contributed by atoms with Gasteiger partial charge < -0.3 is 50.7 Å². The number of hydrogen-bond acceptors (Lipinski definition) is 9. The maximum absolute atomic E-state index is 8.42. The van der Waals surface area contributed by atoms with E-state index in [1.54, 1.807) is 0 Å². The predicted octanol–water partition coefficient (Wildman–Crippen LogP) is -39.6. The standard InChI is InChI=1S/3BO3.9K.H2O/c3*2-1(3)4;;;;;;;;;;/h;;;;;;;;;;;;1H2/q3*-3;9*+1;. The van der Waals surface area contributed by atoms with Crippen molar-refractivity contribution in [3.8, 4) is 0 Å². The summed E-state index contributed by atoms with van der Waals surface area (Å²) in [6, 6.07) is 0. The number of rotatable bonds is 0. The molecule has 0 saturated heterocycles. The van der Waals surface area contributed by atoms with Crippen LogP contribution >= 0.6 is 0 Å². The smallest absolute Gasteiger partial charge is 0.907 e. The zero-order valence-electron chi connectivity index (χ0n) is 14.9. The van der Waals surface area contributed by atoms with E-state index in [1.807, 2.05) is 0 Å². The van der Waals surface area contributed by atoms with Crippen LogP contribution in [0.5, 0.6) is 0 Å². The van der Waals surface area contributed by atoms with Crippen molar-refractivity contribution in [2.45, 2.75) is 0 Å². The van der Waals surface area contributed by atoms with Crippen molar-refractivity contribution in [3.63, 3.8) is 0 Å². The van der Waals surface area contributed by atoms with E-state index in [2.05, 4.69) is 0 Å². The monoisotopic (exact) mass is 546 g/mol. The van der Waals surface area contributed by atoms with E-state index in [4.69, 9.17) is 45.2 Å². The molecule has 0 aliphatic carbocycles. The molecule has 22 heavy (non-hydrogen) atoms. The summed E-state index contributed by atoms with van der Waals surface area (Å²) < 4.78 is 0. The molecule has 0 rings (SSSR count). The minimum absolute atomic E-state index is 0. The van der Waals surface area contributed by atoms with Gasteiger partial charge in [-0.2, -0.15) is 0 Å². The fraction of sp³-hybridized carbons (Fsp3) is 0. The Labute approximate surface area is 514 Å². The van der Waals surface area contributed by atoms with Crippen molar-refractivity contribution in [2.24, 2.45) is 0 Å². The molecule has 0 atom stereocenters. The summed E-state index contributed by atoms with van der Waals surface area (Å²) in [5.74, 6) is 0. The van der Waals surface area contributed by atoms with Crippen molar-refractivity contribution in [1.29, 1.82) is 0 Å². The fourth-order valence-corrected chi connectivity index (χ4v) is 0. The molecule has 22 heteroatoms. The van der Waals surface area contributed by atoms with Crippen LogP contribution < -0.4 is 508 Å². The van der Waals surface area contributed by atoms with E-state index in [1.165, 1.54) is 0 Å². The Morgan fingerprint density at radius 2 is 0.273 bits per heavy atom. The molecule has 0 aromatic carbocycles. The third-order valence-corrected chi connectivity index (χ3v) is 0. The summed E-state index contributed by atoms with van der Waals surface area (Å²) in [4.78, 5) is 0. The molecular formula is H2B3K9O10. The Balaban J connectivity index is -0.00000000409. The Morgan fingerprint density at radius 3 is 0.273 bits per heavy atom. The van der Waals surface area contributed by atoms with Crippen LogP contribution in [0.2, 0.25) is 0 Å². The van der Waals surface area contributed by atoms with Crippen LogP contribution in [-0.4, -0.2) is 27.4 Å². The van der Waals surface area contributed by atoms with Gasteiger partial charge in [0.25, 0.3) is 0 Å². The van der Waals surface area contributed by atoms with E-state index in [-0.39, 0.29) is 468 Å². The second kappa shape index (κ2) is 76.5. The second-order valence-corrected chi connectivity index (χ2v) is 0.866. The van der Waals surface area contributed by atoms with Crippen LogP contribution in [0, 0.1) is 0 Å². The second-order valence-electron chi connectivity index (χ2n) is 0.866. The largest absolute Gasteiger partial charge is 1.00 e. The first-order valence-electron chi connectivity index (χ1n) is 2.12. The minimum Gasteiger partial charge on any atom is -0.907 e. The van der Waals surface area contributed by atoms with Gasteiger partial charge in [-0.05, 0) is 0 Å².